The standard InChI is InChI=1S/C11H23NO/c1-9(2)10(8-13)11-6-4-5-7-12(11)3/h9-11,13H,4-8H2,1-3H3. The van der Waals surface area contributed by atoms with Crippen molar-refractivity contribution in [3.05, 3.63) is 0 Å². The lowest BCUT2D eigenvalue weighted by Gasteiger charge is -2.39. The maximum absolute atomic E-state index is 9.34. The van der Waals surface area contributed by atoms with Gasteiger partial charge in [-0.1, -0.05) is 20.3 Å². The van der Waals surface area contributed by atoms with Gasteiger partial charge in [0.15, 0.2) is 0 Å². The highest BCUT2D eigenvalue weighted by atomic mass is 16.3. The number of hydrogen-bond acceptors (Lipinski definition) is 2. The minimum atomic E-state index is 0.340. The third-order valence-electron chi connectivity index (χ3n) is 3.39. The van der Waals surface area contributed by atoms with Crippen LogP contribution in [0, 0.1) is 11.8 Å². The summed E-state index contributed by atoms with van der Waals surface area (Å²) in [6, 6.07) is 0.610. The van der Waals surface area contributed by atoms with Crippen LogP contribution in [0.3, 0.4) is 0 Å². The van der Waals surface area contributed by atoms with Crippen molar-refractivity contribution in [1.29, 1.82) is 0 Å². The van der Waals surface area contributed by atoms with Crippen LogP contribution in [0.2, 0.25) is 0 Å². The Morgan fingerprint density at radius 3 is 2.54 bits per heavy atom. The molecule has 1 N–H and O–H groups in total. The van der Waals surface area contributed by atoms with Crippen LogP contribution < -0.4 is 0 Å². The lowest BCUT2D eigenvalue weighted by atomic mass is 9.84. The molecule has 2 nitrogen and oxygen atoms in total. The maximum Gasteiger partial charge on any atom is 0.0476 e. The number of rotatable bonds is 3. The highest BCUT2D eigenvalue weighted by Crippen LogP contribution is 2.26. The van der Waals surface area contributed by atoms with Gasteiger partial charge in [-0.3, -0.25) is 0 Å². The molecule has 1 aliphatic heterocycles. The molecule has 1 fully saturated rings. The Hall–Kier alpha value is -0.0800. The van der Waals surface area contributed by atoms with Crippen molar-refractivity contribution in [2.75, 3.05) is 20.2 Å². The smallest absolute Gasteiger partial charge is 0.0476 e. The molecule has 1 aliphatic rings. The normalized spacial score (nSPS) is 27.9. The van der Waals surface area contributed by atoms with Crippen LogP contribution in [0.15, 0.2) is 0 Å². The van der Waals surface area contributed by atoms with E-state index in [9.17, 15) is 5.11 Å². The van der Waals surface area contributed by atoms with Crippen LogP contribution in [0.4, 0.5) is 0 Å². The highest BCUT2D eigenvalue weighted by Gasteiger charge is 2.28. The van der Waals surface area contributed by atoms with Crippen LogP contribution >= 0.6 is 0 Å². The van der Waals surface area contributed by atoms with Gasteiger partial charge in [-0.15, -0.1) is 0 Å². The van der Waals surface area contributed by atoms with Crippen molar-refractivity contribution < 1.29 is 5.11 Å². The van der Waals surface area contributed by atoms with Crippen molar-refractivity contribution in [3.8, 4) is 0 Å². The molecule has 0 bridgehead atoms. The summed E-state index contributed by atoms with van der Waals surface area (Å²) in [5, 5.41) is 9.34. The van der Waals surface area contributed by atoms with Gasteiger partial charge in [0.1, 0.15) is 0 Å². The van der Waals surface area contributed by atoms with Gasteiger partial charge in [-0.2, -0.15) is 0 Å². The van der Waals surface area contributed by atoms with Crippen molar-refractivity contribution >= 4 is 0 Å². The SMILES string of the molecule is CC(C)C(CO)C1CCCCN1C. The molecule has 1 saturated heterocycles. The third-order valence-corrected chi connectivity index (χ3v) is 3.39. The van der Waals surface area contributed by atoms with E-state index in [0.29, 0.717) is 24.5 Å². The second kappa shape index (κ2) is 4.97. The van der Waals surface area contributed by atoms with Gasteiger partial charge in [-0.05, 0) is 38.3 Å². The molecular weight excluding hydrogens is 162 g/mol. The minimum absolute atomic E-state index is 0.340. The van der Waals surface area contributed by atoms with Crippen LogP contribution in [0.5, 0.6) is 0 Å². The monoisotopic (exact) mass is 185 g/mol. The summed E-state index contributed by atoms with van der Waals surface area (Å²) in [5.41, 5.74) is 0. The van der Waals surface area contributed by atoms with Crippen molar-refractivity contribution in [1.82, 2.24) is 4.90 Å². The average molecular weight is 185 g/mol. The van der Waals surface area contributed by atoms with Gasteiger partial charge in [-0.25, -0.2) is 0 Å². The number of hydrogen-bond donors (Lipinski definition) is 1. The van der Waals surface area contributed by atoms with Gasteiger partial charge in [0.2, 0.25) is 0 Å². The zero-order valence-corrected chi connectivity index (χ0v) is 9.16. The molecule has 0 aromatic carbocycles. The zero-order valence-electron chi connectivity index (χ0n) is 9.16. The Morgan fingerprint density at radius 1 is 1.38 bits per heavy atom. The minimum Gasteiger partial charge on any atom is -0.396 e. The fourth-order valence-corrected chi connectivity index (χ4v) is 2.42. The van der Waals surface area contributed by atoms with E-state index in [1.807, 2.05) is 0 Å². The molecule has 0 radical (unpaired) electrons. The molecule has 0 saturated carbocycles. The molecule has 0 aromatic heterocycles. The molecule has 0 amide bonds. The first-order valence-electron chi connectivity index (χ1n) is 5.48. The van der Waals surface area contributed by atoms with E-state index in [-0.39, 0.29) is 0 Å². The summed E-state index contributed by atoms with van der Waals surface area (Å²) in [5.74, 6) is 1.06. The van der Waals surface area contributed by atoms with Crippen molar-refractivity contribution in [2.24, 2.45) is 11.8 Å². The van der Waals surface area contributed by atoms with Crippen LogP contribution in [0.1, 0.15) is 33.1 Å². The third kappa shape index (κ3) is 2.68. The maximum atomic E-state index is 9.34. The molecule has 1 heterocycles. The topological polar surface area (TPSA) is 23.5 Å². The quantitative estimate of drug-likeness (QED) is 0.724. The van der Waals surface area contributed by atoms with Crippen molar-refractivity contribution in [2.45, 2.75) is 39.2 Å². The van der Waals surface area contributed by atoms with Gasteiger partial charge in [0, 0.05) is 12.6 Å². The van der Waals surface area contributed by atoms with Gasteiger partial charge < -0.3 is 10.0 Å². The number of piperidine rings is 1. The number of likely N-dealkylation sites (tertiary alicyclic amines) is 1. The molecule has 0 spiro atoms. The molecular formula is C11H23NO. The van der Waals surface area contributed by atoms with E-state index in [1.54, 1.807) is 0 Å². The molecule has 2 heteroatoms. The van der Waals surface area contributed by atoms with E-state index in [4.69, 9.17) is 0 Å². The Bertz CT molecular complexity index is 147. The molecule has 13 heavy (non-hydrogen) atoms. The number of aliphatic hydroxyl groups excluding tert-OH is 1. The van der Waals surface area contributed by atoms with E-state index >= 15 is 0 Å². The van der Waals surface area contributed by atoms with Crippen LogP contribution in [-0.2, 0) is 0 Å². The number of nitrogens with zero attached hydrogens (tertiary/aromatic N) is 1. The Kier molecular flexibility index (Phi) is 4.20. The predicted molar refractivity (Wildman–Crippen MR) is 55.7 cm³/mol. The van der Waals surface area contributed by atoms with Crippen LogP contribution in [-0.4, -0.2) is 36.2 Å². The zero-order chi connectivity index (χ0) is 9.84. The van der Waals surface area contributed by atoms with Gasteiger partial charge >= 0.3 is 0 Å². The first kappa shape index (κ1) is 11.0. The molecule has 2 unspecified atom stereocenters. The first-order valence-corrected chi connectivity index (χ1v) is 5.48. The Balaban J connectivity index is 2.55. The van der Waals surface area contributed by atoms with Gasteiger partial charge in [0.25, 0.3) is 0 Å². The fourth-order valence-electron chi connectivity index (χ4n) is 2.42. The predicted octanol–water partition coefficient (Wildman–Crippen LogP) is 1.74. The summed E-state index contributed by atoms with van der Waals surface area (Å²) in [4.78, 5) is 2.42. The van der Waals surface area contributed by atoms with E-state index in [0.717, 1.165) is 0 Å². The van der Waals surface area contributed by atoms with E-state index < -0.39 is 0 Å². The highest BCUT2D eigenvalue weighted by molar-refractivity contribution is 4.82. The van der Waals surface area contributed by atoms with E-state index in [2.05, 4.69) is 25.8 Å². The lowest BCUT2D eigenvalue weighted by Crippen LogP contribution is -2.44. The molecule has 0 aromatic rings. The Labute approximate surface area is 81.9 Å². The second-order valence-corrected chi connectivity index (χ2v) is 4.63. The number of aliphatic hydroxyl groups is 1. The lowest BCUT2D eigenvalue weighted by molar-refractivity contribution is 0.0620. The summed E-state index contributed by atoms with van der Waals surface area (Å²) in [6.45, 7) is 5.97. The molecule has 1 rings (SSSR count). The van der Waals surface area contributed by atoms with E-state index in [1.165, 1.54) is 25.8 Å². The summed E-state index contributed by atoms with van der Waals surface area (Å²) in [6.07, 6.45) is 3.92. The van der Waals surface area contributed by atoms with Gasteiger partial charge in [0.05, 0.1) is 0 Å². The fraction of sp³-hybridized carbons (Fsp3) is 1.00. The molecule has 78 valence electrons. The second-order valence-electron chi connectivity index (χ2n) is 4.63. The summed E-state index contributed by atoms with van der Waals surface area (Å²) >= 11 is 0. The average Bonchev–Trinajstić information content (AvgIpc) is 2.09. The molecule has 0 aliphatic carbocycles. The first-order chi connectivity index (χ1) is 6.16. The largest absolute Gasteiger partial charge is 0.396 e. The van der Waals surface area contributed by atoms with Crippen LogP contribution in [0.25, 0.3) is 0 Å². The summed E-state index contributed by atoms with van der Waals surface area (Å²) < 4.78 is 0. The summed E-state index contributed by atoms with van der Waals surface area (Å²) in [7, 11) is 2.19. The van der Waals surface area contributed by atoms with Crippen molar-refractivity contribution in [3.63, 3.8) is 0 Å². The Morgan fingerprint density at radius 2 is 2.08 bits per heavy atom. The molecule has 2 atom stereocenters.